The zero-order valence-corrected chi connectivity index (χ0v) is 15.1. The number of piperazine rings is 1. The predicted octanol–water partition coefficient (Wildman–Crippen LogP) is 0.240. The Balaban J connectivity index is 1.33. The Morgan fingerprint density at radius 1 is 1.43 bits per heavy atom. The lowest BCUT2D eigenvalue weighted by atomic mass is 10.1. The molecule has 1 aromatic heterocycles. The average molecular weight is 401 g/mol. The maximum Gasteiger partial charge on any atom is 0.417 e. The molecule has 2 fully saturated rings. The molecule has 2 unspecified atom stereocenters. The van der Waals surface area contributed by atoms with Crippen molar-refractivity contribution in [2.24, 2.45) is 0 Å². The molecular formula is C17H22F3N5O3. The van der Waals surface area contributed by atoms with Crippen molar-refractivity contribution in [2.75, 3.05) is 49.6 Å². The van der Waals surface area contributed by atoms with Crippen LogP contribution >= 0.6 is 0 Å². The van der Waals surface area contributed by atoms with Crippen LogP contribution in [0, 0.1) is 0 Å². The van der Waals surface area contributed by atoms with Gasteiger partial charge in [0.25, 0.3) is 5.91 Å². The molecule has 0 aliphatic carbocycles. The maximum atomic E-state index is 12.9. The Morgan fingerprint density at radius 3 is 2.89 bits per heavy atom. The van der Waals surface area contributed by atoms with E-state index in [-0.39, 0.29) is 25.4 Å². The number of carbonyl (C=O) groups excluding carboxylic acids is 1. The van der Waals surface area contributed by atoms with Crippen LogP contribution < -0.4 is 15.5 Å². The van der Waals surface area contributed by atoms with Crippen molar-refractivity contribution in [1.82, 2.24) is 15.2 Å². The molecule has 28 heavy (non-hydrogen) atoms. The van der Waals surface area contributed by atoms with E-state index in [1.165, 1.54) is 4.90 Å². The van der Waals surface area contributed by atoms with Gasteiger partial charge in [-0.05, 0) is 19.0 Å². The van der Waals surface area contributed by atoms with E-state index in [2.05, 4.69) is 15.6 Å². The van der Waals surface area contributed by atoms with Gasteiger partial charge >= 0.3 is 6.18 Å². The maximum absolute atomic E-state index is 12.9. The summed E-state index contributed by atoms with van der Waals surface area (Å²) in [5, 5.41) is 16.3. The van der Waals surface area contributed by atoms with Gasteiger partial charge in [0.05, 0.1) is 31.0 Å². The highest BCUT2D eigenvalue weighted by Gasteiger charge is 2.39. The van der Waals surface area contributed by atoms with Crippen LogP contribution in [-0.4, -0.2) is 78.6 Å². The number of aromatic nitrogens is 1. The summed E-state index contributed by atoms with van der Waals surface area (Å²) in [4.78, 5) is 19.8. The quantitative estimate of drug-likeness (QED) is 0.651. The number of carbonyl (C=O) groups is 1. The smallest absolute Gasteiger partial charge is 0.381 e. The molecule has 3 aliphatic heterocycles. The van der Waals surface area contributed by atoms with E-state index in [9.17, 15) is 23.1 Å². The number of pyridine rings is 1. The number of ether oxygens (including phenoxy) is 1. The van der Waals surface area contributed by atoms with Gasteiger partial charge < -0.3 is 30.3 Å². The highest BCUT2D eigenvalue weighted by Crippen LogP contribution is 2.38. The minimum atomic E-state index is -4.46. The number of nitrogens with one attached hydrogen (secondary N) is 2. The van der Waals surface area contributed by atoms with E-state index in [1.54, 1.807) is 0 Å². The van der Waals surface area contributed by atoms with Crippen LogP contribution in [0.3, 0.4) is 0 Å². The van der Waals surface area contributed by atoms with Crippen molar-refractivity contribution >= 4 is 17.4 Å². The van der Waals surface area contributed by atoms with E-state index in [0.717, 1.165) is 25.2 Å². The third-order valence-corrected chi connectivity index (χ3v) is 5.29. The molecule has 11 heteroatoms. The standard InChI is InChI=1S/C17H22F3N5O3/c18-17(19,20)10-5-12-15(22-6-10)25-4-3-24(7-14(25)23-12)16(27)13(26)9-28-8-11-1-2-21-11/h5-6,11,13-14,21,23,26H,1-4,7-9H2/t11-,13?,14?/m0/s1. The van der Waals surface area contributed by atoms with Gasteiger partial charge in [-0.3, -0.25) is 4.79 Å². The minimum absolute atomic E-state index is 0.0773. The molecule has 0 spiro atoms. The van der Waals surface area contributed by atoms with Gasteiger partial charge in [0, 0.05) is 25.3 Å². The fourth-order valence-electron chi connectivity index (χ4n) is 3.58. The molecule has 0 radical (unpaired) electrons. The molecule has 3 N–H and O–H groups in total. The second-order valence-electron chi connectivity index (χ2n) is 7.22. The summed E-state index contributed by atoms with van der Waals surface area (Å²) >= 11 is 0. The van der Waals surface area contributed by atoms with Crippen molar-refractivity contribution < 1.29 is 27.8 Å². The number of aliphatic hydroxyl groups excluding tert-OH is 1. The molecule has 3 atom stereocenters. The van der Waals surface area contributed by atoms with Gasteiger partial charge in [-0.15, -0.1) is 0 Å². The number of alkyl halides is 3. The van der Waals surface area contributed by atoms with Gasteiger partial charge in [0.1, 0.15) is 6.17 Å². The van der Waals surface area contributed by atoms with Crippen LogP contribution in [0.15, 0.2) is 12.3 Å². The zero-order valence-electron chi connectivity index (χ0n) is 15.1. The first-order valence-corrected chi connectivity index (χ1v) is 9.21. The normalized spacial score (nSPS) is 24.9. The number of aliphatic hydroxyl groups is 1. The monoisotopic (exact) mass is 401 g/mol. The first kappa shape index (κ1) is 19.2. The number of halogens is 3. The molecule has 0 aromatic carbocycles. The lowest BCUT2D eigenvalue weighted by molar-refractivity contribution is -0.144. The summed E-state index contributed by atoms with van der Waals surface area (Å²) in [6.45, 7) is 2.32. The van der Waals surface area contributed by atoms with Crippen LogP contribution in [0.4, 0.5) is 24.7 Å². The Hall–Kier alpha value is -2.11. The Kier molecular flexibility index (Phi) is 5.06. The molecule has 4 rings (SSSR count). The Labute approximate surface area is 159 Å². The number of hydrogen-bond acceptors (Lipinski definition) is 7. The lowest BCUT2D eigenvalue weighted by Crippen LogP contribution is -2.57. The van der Waals surface area contributed by atoms with Crippen molar-refractivity contribution in [2.45, 2.75) is 30.9 Å². The SMILES string of the molecule is O=C(C(O)COC[C@@H]1CCN1)N1CCN2c3ncc(C(F)(F)F)cc3NC2C1. The molecule has 1 aromatic rings. The minimum Gasteiger partial charge on any atom is -0.381 e. The summed E-state index contributed by atoms with van der Waals surface area (Å²) < 4.78 is 44.0. The highest BCUT2D eigenvalue weighted by atomic mass is 19.4. The van der Waals surface area contributed by atoms with Crippen molar-refractivity contribution in [3.05, 3.63) is 17.8 Å². The van der Waals surface area contributed by atoms with Crippen molar-refractivity contribution in [1.29, 1.82) is 0 Å². The van der Waals surface area contributed by atoms with Gasteiger partial charge in [-0.25, -0.2) is 4.98 Å². The van der Waals surface area contributed by atoms with E-state index in [0.29, 0.717) is 31.2 Å². The molecule has 1 amide bonds. The van der Waals surface area contributed by atoms with Crippen LogP contribution in [0.2, 0.25) is 0 Å². The molecule has 8 nitrogen and oxygen atoms in total. The van der Waals surface area contributed by atoms with E-state index < -0.39 is 23.8 Å². The summed E-state index contributed by atoms with van der Waals surface area (Å²) in [5.74, 6) is 0.00453. The number of rotatable bonds is 5. The summed E-state index contributed by atoms with van der Waals surface area (Å²) in [5.41, 5.74) is -0.522. The van der Waals surface area contributed by atoms with Crippen molar-refractivity contribution in [3.8, 4) is 0 Å². The number of amides is 1. The van der Waals surface area contributed by atoms with Crippen molar-refractivity contribution in [3.63, 3.8) is 0 Å². The first-order valence-electron chi connectivity index (χ1n) is 9.21. The summed E-state index contributed by atoms with van der Waals surface area (Å²) in [6, 6.07) is 1.31. The van der Waals surface area contributed by atoms with E-state index >= 15 is 0 Å². The fraction of sp³-hybridized carbons (Fsp3) is 0.647. The molecule has 0 saturated carbocycles. The van der Waals surface area contributed by atoms with Gasteiger partial charge in [0.15, 0.2) is 11.9 Å². The number of anilines is 2. The topological polar surface area (TPSA) is 90.0 Å². The Morgan fingerprint density at radius 2 is 2.21 bits per heavy atom. The van der Waals surface area contributed by atoms with E-state index in [1.807, 2.05) is 4.90 Å². The average Bonchev–Trinajstić information content (AvgIpc) is 2.99. The van der Waals surface area contributed by atoms with Gasteiger partial charge in [0.2, 0.25) is 0 Å². The van der Waals surface area contributed by atoms with Crippen LogP contribution in [-0.2, 0) is 15.7 Å². The summed E-state index contributed by atoms with van der Waals surface area (Å²) in [7, 11) is 0. The van der Waals surface area contributed by atoms with Gasteiger partial charge in [-0.1, -0.05) is 0 Å². The van der Waals surface area contributed by atoms with Crippen LogP contribution in [0.1, 0.15) is 12.0 Å². The third-order valence-electron chi connectivity index (χ3n) is 5.29. The second-order valence-corrected chi connectivity index (χ2v) is 7.22. The summed E-state index contributed by atoms with van der Waals surface area (Å²) in [6.07, 6.45) is -4.27. The first-order chi connectivity index (χ1) is 13.3. The molecular weight excluding hydrogens is 379 g/mol. The molecule has 4 heterocycles. The number of nitrogens with zero attached hydrogens (tertiary/aromatic N) is 3. The second kappa shape index (κ2) is 7.37. The van der Waals surface area contributed by atoms with Crippen LogP contribution in [0.5, 0.6) is 0 Å². The zero-order chi connectivity index (χ0) is 19.9. The van der Waals surface area contributed by atoms with Gasteiger partial charge in [-0.2, -0.15) is 13.2 Å². The predicted molar refractivity (Wildman–Crippen MR) is 93.8 cm³/mol. The number of fused-ring (bicyclic) bond motifs is 3. The Bertz CT molecular complexity index is 743. The molecule has 3 aliphatic rings. The lowest BCUT2D eigenvalue weighted by Gasteiger charge is -2.38. The third kappa shape index (κ3) is 3.74. The molecule has 2 saturated heterocycles. The molecule has 0 bridgehead atoms. The largest absolute Gasteiger partial charge is 0.417 e. The number of hydrogen-bond donors (Lipinski definition) is 3. The molecule has 154 valence electrons. The fourth-order valence-corrected chi connectivity index (χ4v) is 3.58. The van der Waals surface area contributed by atoms with Crippen LogP contribution in [0.25, 0.3) is 0 Å². The highest BCUT2D eigenvalue weighted by molar-refractivity contribution is 5.82. The van der Waals surface area contributed by atoms with E-state index in [4.69, 9.17) is 4.74 Å².